The number of benzene rings is 2. The van der Waals surface area contributed by atoms with Crippen molar-refractivity contribution in [1.82, 2.24) is 0 Å². The molecule has 1 heterocycles. The van der Waals surface area contributed by atoms with Crippen LogP contribution < -0.4 is 9.47 Å². The van der Waals surface area contributed by atoms with Gasteiger partial charge in [-0.25, -0.2) is 4.79 Å². The lowest BCUT2D eigenvalue weighted by molar-refractivity contribution is -0.304. The molecule has 1 atom stereocenters. The van der Waals surface area contributed by atoms with Crippen LogP contribution >= 0.6 is 0 Å². The van der Waals surface area contributed by atoms with E-state index in [1.165, 1.54) is 43.3 Å². The van der Waals surface area contributed by atoms with Crippen LogP contribution in [0.25, 0.3) is 6.08 Å². The molecule has 0 amide bonds. The quantitative estimate of drug-likeness (QED) is 0.875. The number of aliphatic carboxylic acids is 1. The number of aryl methyl sites for hydroxylation is 1. The van der Waals surface area contributed by atoms with Crippen LogP contribution in [0.15, 0.2) is 48.0 Å². The van der Waals surface area contributed by atoms with Gasteiger partial charge < -0.3 is 14.6 Å². The highest BCUT2D eigenvalue weighted by atomic mass is 19.4. The van der Waals surface area contributed by atoms with Gasteiger partial charge in [-0.15, -0.1) is 0 Å². The van der Waals surface area contributed by atoms with Crippen molar-refractivity contribution in [3.05, 3.63) is 64.7 Å². The third kappa shape index (κ3) is 3.08. The van der Waals surface area contributed by atoms with Crippen molar-refractivity contribution >= 4 is 12.0 Å². The summed E-state index contributed by atoms with van der Waals surface area (Å²) in [6.45, 7) is 1.45. The zero-order valence-corrected chi connectivity index (χ0v) is 13.9. The number of hydrogen-bond acceptors (Lipinski definition) is 4. The van der Waals surface area contributed by atoms with Crippen molar-refractivity contribution < 1.29 is 32.5 Å². The Balaban J connectivity index is 2.19. The zero-order chi connectivity index (χ0) is 19.8. The summed E-state index contributed by atoms with van der Waals surface area (Å²) in [7, 11) is 0. The van der Waals surface area contributed by atoms with E-state index in [0.29, 0.717) is 0 Å². The molecule has 3 rings (SSSR count). The van der Waals surface area contributed by atoms with Crippen LogP contribution in [0.3, 0.4) is 0 Å². The fraction of sp³-hybridized carbons (Fsp3) is 0.158. The van der Waals surface area contributed by atoms with Crippen LogP contribution in [0.1, 0.15) is 16.7 Å². The summed E-state index contributed by atoms with van der Waals surface area (Å²) in [6, 6.07) is 11.4. The first-order valence-electron chi connectivity index (χ1n) is 7.68. The van der Waals surface area contributed by atoms with Gasteiger partial charge in [-0.1, -0.05) is 18.2 Å². The lowest BCUT2D eigenvalue weighted by atomic mass is 9.97. The Bertz CT molecular complexity index is 991. The van der Waals surface area contributed by atoms with Crippen LogP contribution in [0.4, 0.5) is 13.2 Å². The maximum atomic E-state index is 14.1. The molecule has 5 nitrogen and oxygen atoms in total. The van der Waals surface area contributed by atoms with Gasteiger partial charge in [-0.05, 0) is 42.8 Å². The number of carboxylic acids is 1. The minimum Gasteiger partial charge on any atom is -0.478 e. The molecule has 1 unspecified atom stereocenters. The van der Waals surface area contributed by atoms with Crippen molar-refractivity contribution in [2.45, 2.75) is 18.9 Å². The molecule has 0 radical (unpaired) electrons. The Morgan fingerprint density at radius 1 is 1.26 bits per heavy atom. The summed E-state index contributed by atoms with van der Waals surface area (Å²) in [5.41, 5.74) is -0.456. The van der Waals surface area contributed by atoms with Gasteiger partial charge in [0.05, 0.1) is 11.6 Å². The first kappa shape index (κ1) is 18.3. The fourth-order valence-corrected chi connectivity index (χ4v) is 2.69. The number of carbonyl (C=O) groups is 1. The smallest absolute Gasteiger partial charge is 0.473 e. The van der Waals surface area contributed by atoms with Gasteiger partial charge in [-0.3, -0.25) is 0 Å². The fourth-order valence-electron chi connectivity index (χ4n) is 2.69. The molecule has 2 aromatic rings. The number of ether oxygens (including phenoxy) is 2. The lowest BCUT2D eigenvalue weighted by Gasteiger charge is -2.38. The molecule has 2 aromatic carbocycles. The molecule has 27 heavy (non-hydrogen) atoms. The van der Waals surface area contributed by atoms with Crippen LogP contribution in [-0.2, 0) is 4.79 Å². The Labute approximate surface area is 151 Å². The highest BCUT2D eigenvalue weighted by molar-refractivity contribution is 5.96. The monoisotopic (exact) mass is 375 g/mol. The third-order valence-corrected chi connectivity index (χ3v) is 3.99. The van der Waals surface area contributed by atoms with E-state index in [4.69, 9.17) is 14.7 Å². The van der Waals surface area contributed by atoms with E-state index in [1.54, 1.807) is 6.07 Å². The van der Waals surface area contributed by atoms with E-state index in [0.717, 1.165) is 6.08 Å². The molecule has 0 aliphatic carbocycles. The van der Waals surface area contributed by atoms with E-state index >= 15 is 0 Å². The first-order chi connectivity index (χ1) is 12.7. The largest absolute Gasteiger partial charge is 0.478 e. The summed E-state index contributed by atoms with van der Waals surface area (Å²) in [5.74, 6) is -5.77. The van der Waals surface area contributed by atoms with E-state index in [9.17, 15) is 23.1 Å². The number of halogens is 3. The van der Waals surface area contributed by atoms with Gasteiger partial charge in [0, 0.05) is 5.56 Å². The first-order valence-corrected chi connectivity index (χ1v) is 7.68. The van der Waals surface area contributed by atoms with Crippen LogP contribution in [-0.4, -0.2) is 23.0 Å². The summed E-state index contributed by atoms with van der Waals surface area (Å²) in [4.78, 5) is 11.6. The molecular formula is C19H12F3NO4. The Hall–Kier alpha value is -3.47. The molecule has 0 fully saturated rings. The normalized spacial score (nSPS) is 18.6. The third-order valence-electron chi connectivity index (χ3n) is 3.99. The number of rotatable bonds is 3. The summed E-state index contributed by atoms with van der Waals surface area (Å²) in [6.07, 6.45) is -4.32. The molecule has 0 bridgehead atoms. The molecule has 0 saturated heterocycles. The lowest BCUT2D eigenvalue weighted by Crippen LogP contribution is -2.59. The van der Waals surface area contributed by atoms with Gasteiger partial charge in [-0.2, -0.15) is 18.4 Å². The summed E-state index contributed by atoms with van der Waals surface area (Å²) < 4.78 is 52.4. The molecule has 0 spiro atoms. The zero-order valence-electron chi connectivity index (χ0n) is 13.9. The Morgan fingerprint density at radius 2 is 1.96 bits per heavy atom. The van der Waals surface area contributed by atoms with Crippen molar-refractivity contribution in [3.63, 3.8) is 0 Å². The highest BCUT2D eigenvalue weighted by Gasteiger charge is 2.66. The number of fused-ring (bicyclic) bond motifs is 1. The average molecular weight is 375 g/mol. The van der Waals surface area contributed by atoms with Crippen LogP contribution in [0.2, 0.25) is 0 Å². The van der Waals surface area contributed by atoms with E-state index in [2.05, 4.69) is 0 Å². The second kappa shape index (κ2) is 6.36. The van der Waals surface area contributed by atoms with Crippen LogP contribution in [0, 0.1) is 18.3 Å². The number of hydrogen-bond donors (Lipinski definition) is 1. The molecule has 8 heteroatoms. The van der Waals surface area contributed by atoms with Crippen molar-refractivity contribution in [2.24, 2.45) is 0 Å². The van der Waals surface area contributed by atoms with Crippen molar-refractivity contribution in [3.8, 4) is 17.6 Å². The predicted octanol–water partition coefficient (Wildman–Crippen LogP) is 4.06. The van der Waals surface area contributed by atoms with Gasteiger partial charge in [0.15, 0.2) is 0 Å². The van der Waals surface area contributed by atoms with Gasteiger partial charge in [0.2, 0.25) is 0 Å². The second-order valence-corrected chi connectivity index (χ2v) is 5.81. The van der Waals surface area contributed by atoms with E-state index in [1.807, 2.05) is 6.07 Å². The minimum atomic E-state index is -5.20. The van der Waals surface area contributed by atoms with E-state index < -0.39 is 23.5 Å². The molecule has 138 valence electrons. The van der Waals surface area contributed by atoms with Crippen LogP contribution in [0.5, 0.6) is 11.5 Å². The maximum absolute atomic E-state index is 14.1. The number of nitriles is 1. The number of alkyl halides is 3. The molecule has 1 N–H and O–H groups in total. The summed E-state index contributed by atoms with van der Waals surface area (Å²) >= 11 is 0. The molecule has 0 saturated carbocycles. The summed E-state index contributed by atoms with van der Waals surface area (Å²) in [5, 5.41) is 18.3. The Morgan fingerprint density at radius 3 is 2.56 bits per heavy atom. The Kier molecular flexibility index (Phi) is 4.31. The topological polar surface area (TPSA) is 79.5 Å². The standard InChI is InChI=1S/C19H12F3NO4/c1-11-8-12(10-23)6-7-15(11)26-18(19(20,21)22)14(17(24)25)9-13-4-2-3-5-16(13)27-18/h2-9H,1H3,(H,24,25). The van der Waals surface area contributed by atoms with Crippen molar-refractivity contribution in [2.75, 3.05) is 0 Å². The molecule has 0 aromatic heterocycles. The minimum absolute atomic E-state index is 0.161. The van der Waals surface area contributed by atoms with Gasteiger partial charge in [0.25, 0.3) is 0 Å². The maximum Gasteiger partial charge on any atom is 0.473 e. The SMILES string of the molecule is Cc1cc(C#N)ccc1OC1(C(F)(F)F)Oc2ccccc2C=C1C(=O)O. The van der Waals surface area contributed by atoms with Crippen molar-refractivity contribution in [1.29, 1.82) is 5.26 Å². The number of carboxylic acid groups (broad SMARTS) is 1. The van der Waals surface area contributed by atoms with Gasteiger partial charge >= 0.3 is 17.9 Å². The number of para-hydroxylation sites is 1. The second-order valence-electron chi connectivity index (χ2n) is 5.81. The molecule has 1 aliphatic rings. The average Bonchev–Trinajstić information content (AvgIpc) is 2.61. The number of nitrogens with zero attached hydrogens (tertiary/aromatic N) is 1. The highest BCUT2D eigenvalue weighted by Crippen LogP contribution is 2.46. The van der Waals surface area contributed by atoms with Gasteiger partial charge in [0.1, 0.15) is 17.1 Å². The predicted molar refractivity (Wildman–Crippen MR) is 88.0 cm³/mol. The van der Waals surface area contributed by atoms with E-state index in [-0.39, 0.29) is 28.2 Å². The molecular weight excluding hydrogens is 363 g/mol. The molecule has 1 aliphatic heterocycles.